The summed E-state index contributed by atoms with van der Waals surface area (Å²) in [6.07, 6.45) is 0.295. The number of hydrogen-bond acceptors (Lipinski definition) is 6. The molecule has 0 aliphatic rings. The number of carbonyl (C=O) groups excluding carboxylic acids is 1. The number of hydrogen-bond donors (Lipinski definition) is 2. The van der Waals surface area contributed by atoms with Crippen LogP contribution in [0.3, 0.4) is 0 Å². The molecule has 0 aliphatic heterocycles. The summed E-state index contributed by atoms with van der Waals surface area (Å²) in [4.78, 5) is 15.9. The summed E-state index contributed by atoms with van der Waals surface area (Å²) in [6, 6.07) is 11.6. The van der Waals surface area contributed by atoms with Crippen LogP contribution >= 0.6 is 0 Å². The van der Waals surface area contributed by atoms with Crippen molar-refractivity contribution in [2.75, 3.05) is 33.6 Å². The average molecular weight is 432 g/mol. The van der Waals surface area contributed by atoms with Crippen LogP contribution in [0, 0.1) is 0 Å². The van der Waals surface area contributed by atoms with Gasteiger partial charge in [0.25, 0.3) is 5.91 Å². The second-order valence-electron chi connectivity index (χ2n) is 6.53. The quantitative estimate of drug-likeness (QED) is 0.504. The fourth-order valence-electron chi connectivity index (χ4n) is 3.16. The minimum atomic E-state index is -3.38. The molecular weight excluding hydrogens is 408 g/mol. The van der Waals surface area contributed by atoms with Crippen molar-refractivity contribution in [3.05, 3.63) is 48.2 Å². The number of ether oxygens (including phenoxy) is 3. The van der Waals surface area contributed by atoms with E-state index in [1.54, 1.807) is 42.5 Å². The van der Waals surface area contributed by atoms with Gasteiger partial charge in [-0.05, 0) is 24.6 Å². The van der Waals surface area contributed by atoms with E-state index in [0.29, 0.717) is 40.3 Å². The van der Waals surface area contributed by atoms with Gasteiger partial charge < -0.3 is 24.5 Å². The van der Waals surface area contributed by atoms with E-state index in [2.05, 4.69) is 10.3 Å². The number of fused-ring (bicyclic) bond motifs is 1. The molecule has 2 N–H and O–H groups in total. The van der Waals surface area contributed by atoms with Crippen molar-refractivity contribution in [1.29, 1.82) is 0 Å². The Labute approximate surface area is 175 Å². The fraction of sp³-hybridized carbons (Fsp3) is 0.286. The summed E-state index contributed by atoms with van der Waals surface area (Å²) in [5, 5.41) is 3.41. The van der Waals surface area contributed by atoms with Gasteiger partial charge in [-0.25, -0.2) is 8.42 Å². The van der Waals surface area contributed by atoms with Crippen LogP contribution in [0.4, 0.5) is 0 Å². The van der Waals surface area contributed by atoms with Crippen LogP contribution in [0.5, 0.6) is 17.2 Å². The van der Waals surface area contributed by atoms with Gasteiger partial charge in [0.1, 0.15) is 11.4 Å². The van der Waals surface area contributed by atoms with Crippen LogP contribution in [-0.2, 0) is 9.84 Å². The first-order valence-corrected chi connectivity index (χ1v) is 10.9. The van der Waals surface area contributed by atoms with Crippen molar-refractivity contribution in [1.82, 2.24) is 10.3 Å². The Hall–Kier alpha value is -3.20. The lowest BCUT2D eigenvalue weighted by molar-refractivity contribution is 0.0949. The lowest BCUT2D eigenvalue weighted by atomic mass is 10.2. The van der Waals surface area contributed by atoms with Gasteiger partial charge in [0.15, 0.2) is 21.3 Å². The van der Waals surface area contributed by atoms with Gasteiger partial charge in [0.2, 0.25) is 0 Å². The molecule has 160 valence electrons. The highest BCUT2D eigenvalue weighted by Crippen LogP contribution is 2.41. The third kappa shape index (κ3) is 4.35. The Morgan fingerprint density at radius 3 is 2.33 bits per heavy atom. The van der Waals surface area contributed by atoms with E-state index in [1.807, 2.05) is 0 Å². The summed E-state index contributed by atoms with van der Waals surface area (Å²) < 4.78 is 40.7. The molecule has 0 saturated carbocycles. The average Bonchev–Trinajstić information content (AvgIpc) is 3.21. The molecule has 30 heavy (non-hydrogen) atoms. The largest absolute Gasteiger partial charge is 0.496 e. The Kier molecular flexibility index (Phi) is 6.51. The predicted octanol–water partition coefficient (Wildman–Crippen LogP) is 2.79. The Bertz CT molecular complexity index is 1140. The summed E-state index contributed by atoms with van der Waals surface area (Å²) in [7, 11) is 1.18. The fourth-order valence-corrected chi connectivity index (χ4v) is 4.50. The molecule has 9 heteroatoms. The number of benzene rings is 2. The van der Waals surface area contributed by atoms with E-state index in [-0.39, 0.29) is 23.1 Å². The van der Waals surface area contributed by atoms with Gasteiger partial charge in [-0.3, -0.25) is 4.79 Å². The van der Waals surface area contributed by atoms with Gasteiger partial charge in [-0.15, -0.1) is 0 Å². The highest BCUT2D eigenvalue weighted by Gasteiger charge is 2.20. The smallest absolute Gasteiger partial charge is 0.267 e. The van der Waals surface area contributed by atoms with Crippen molar-refractivity contribution in [3.8, 4) is 17.2 Å². The first-order chi connectivity index (χ1) is 14.4. The number of amides is 1. The molecule has 0 aliphatic carbocycles. The number of aromatic amines is 1. The van der Waals surface area contributed by atoms with Crippen LogP contribution in [0.1, 0.15) is 16.9 Å². The van der Waals surface area contributed by atoms with Gasteiger partial charge in [0.05, 0.1) is 37.5 Å². The van der Waals surface area contributed by atoms with Gasteiger partial charge in [-0.2, -0.15) is 0 Å². The van der Waals surface area contributed by atoms with Gasteiger partial charge in [0, 0.05) is 18.0 Å². The van der Waals surface area contributed by atoms with Crippen molar-refractivity contribution < 1.29 is 27.4 Å². The molecule has 3 rings (SSSR count). The minimum Gasteiger partial charge on any atom is -0.496 e. The van der Waals surface area contributed by atoms with Gasteiger partial charge >= 0.3 is 0 Å². The molecule has 1 heterocycles. The molecule has 0 spiro atoms. The number of aromatic nitrogens is 1. The van der Waals surface area contributed by atoms with E-state index in [1.165, 1.54) is 21.3 Å². The normalized spacial score (nSPS) is 11.3. The maximum atomic E-state index is 12.6. The lowest BCUT2D eigenvalue weighted by Crippen LogP contribution is -2.26. The second-order valence-corrected chi connectivity index (χ2v) is 8.64. The zero-order chi connectivity index (χ0) is 21.7. The topological polar surface area (TPSA) is 107 Å². The molecule has 0 radical (unpaired) electrons. The molecule has 0 bridgehead atoms. The molecule has 0 unspecified atom stereocenters. The van der Waals surface area contributed by atoms with Crippen molar-refractivity contribution in [2.24, 2.45) is 0 Å². The Balaban J connectivity index is 1.70. The van der Waals surface area contributed by atoms with Crippen molar-refractivity contribution >= 4 is 26.6 Å². The lowest BCUT2D eigenvalue weighted by Gasteiger charge is -2.11. The van der Waals surface area contributed by atoms with Gasteiger partial charge in [-0.1, -0.05) is 18.2 Å². The Morgan fingerprint density at radius 1 is 1.00 bits per heavy atom. The predicted molar refractivity (Wildman–Crippen MR) is 113 cm³/mol. The summed E-state index contributed by atoms with van der Waals surface area (Å²) >= 11 is 0. The molecule has 0 saturated heterocycles. The van der Waals surface area contributed by atoms with Crippen molar-refractivity contribution in [2.45, 2.75) is 11.3 Å². The van der Waals surface area contributed by atoms with Crippen LogP contribution in [0.25, 0.3) is 10.9 Å². The zero-order valence-corrected chi connectivity index (χ0v) is 17.8. The number of nitrogens with one attached hydrogen (secondary N) is 2. The highest BCUT2D eigenvalue weighted by atomic mass is 32.2. The highest BCUT2D eigenvalue weighted by molar-refractivity contribution is 7.91. The summed E-state index contributed by atoms with van der Waals surface area (Å²) in [5.74, 6) is 1.06. The summed E-state index contributed by atoms with van der Waals surface area (Å²) in [6.45, 7) is 0.220. The molecule has 3 aromatic rings. The molecule has 8 nitrogen and oxygen atoms in total. The number of methoxy groups -OCH3 is 3. The molecule has 0 fully saturated rings. The second kappa shape index (κ2) is 9.08. The number of sulfone groups is 1. The van der Waals surface area contributed by atoms with E-state index in [4.69, 9.17) is 14.2 Å². The first kappa shape index (κ1) is 21.5. The van der Waals surface area contributed by atoms with Crippen LogP contribution in [0.2, 0.25) is 0 Å². The standard InChI is InChI=1S/C21H24N2O6S/c1-27-17-13-18(28-2)20(29-3)19-15(17)12-16(23-19)21(24)22-10-7-11-30(25,26)14-8-5-4-6-9-14/h4-6,8-9,12-13,23H,7,10-11H2,1-3H3,(H,22,24). The number of rotatable bonds is 9. The molecule has 1 amide bonds. The molecule has 2 aromatic carbocycles. The van der Waals surface area contributed by atoms with E-state index in [0.717, 1.165) is 0 Å². The zero-order valence-electron chi connectivity index (χ0n) is 17.0. The monoisotopic (exact) mass is 432 g/mol. The van der Waals surface area contributed by atoms with Crippen LogP contribution in [0.15, 0.2) is 47.4 Å². The summed E-state index contributed by atoms with van der Waals surface area (Å²) in [5.41, 5.74) is 0.881. The number of H-pyrrole nitrogens is 1. The third-order valence-electron chi connectivity index (χ3n) is 4.66. The van der Waals surface area contributed by atoms with E-state index >= 15 is 0 Å². The number of carbonyl (C=O) groups is 1. The Morgan fingerprint density at radius 2 is 1.70 bits per heavy atom. The maximum absolute atomic E-state index is 12.6. The van der Waals surface area contributed by atoms with Crippen LogP contribution in [-0.4, -0.2) is 52.9 Å². The SMILES string of the molecule is COc1cc(OC)c2cc(C(=O)NCCCS(=O)(=O)c3ccccc3)[nH]c2c1OC. The first-order valence-electron chi connectivity index (χ1n) is 9.29. The van der Waals surface area contributed by atoms with E-state index < -0.39 is 9.84 Å². The van der Waals surface area contributed by atoms with Crippen LogP contribution < -0.4 is 19.5 Å². The maximum Gasteiger partial charge on any atom is 0.267 e. The van der Waals surface area contributed by atoms with E-state index in [9.17, 15) is 13.2 Å². The molecule has 0 atom stereocenters. The minimum absolute atomic E-state index is 0.0527. The van der Waals surface area contributed by atoms with Crippen molar-refractivity contribution in [3.63, 3.8) is 0 Å². The molecular formula is C21H24N2O6S. The molecule has 1 aromatic heterocycles. The third-order valence-corrected chi connectivity index (χ3v) is 6.48.